The number of likely N-dealkylation sites (tertiary alicyclic amines) is 1. The number of carbonyl (C=O) groups excluding carboxylic acids is 2. The quantitative estimate of drug-likeness (QED) is 0.649. The van der Waals surface area contributed by atoms with Gasteiger partial charge in [-0.15, -0.1) is 0 Å². The summed E-state index contributed by atoms with van der Waals surface area (Å²) in [5.41, 5.74) is 7.86. The molecule has 6 heteroatoms. The first kappa shape index (κ1) is 19.1. The van der Waals surface area contributed by atoms with Crippen LogP contribution >= 0.6 is 0 Å². The predicted octanol–water partition coefficient (Wildman–Crippen LogP) is 3.02. The lowest BCUT2D eigenvalue weighted by Crippen LogP contribution is -2.43. The summed E-state index contributed by atoms with van der Waals surface area (Å²) in [6.45, 7) is 0.383. The molecule has 2 amide bonds. The van der Waals surface area contributed by atoms with Crippen LogP contribution in [0.2, 0.25) is 0 Å². The molecular formula is C23H25N3O3. The number of nitrogens with zero attached hydrogens (tertiary/aromatic N) is 1. The highest BCUT2D eigenvalue weighted by Gasteiger charge is 2.39. The predicted molar refractivity (Wildman–Crippen MR) is 111 cm³/mol. The number of nitrogens with one attached hydrogen (secondary N) is 1. The van der Waals surface area contributed by atoms with Gasteiger partial charge in [0, 0.05) is 29.9 Å². The van der Waals surface area contributed by atoms with Gasteiger partial charge in [-0.05, 0) is 36.6 Å². The molecule has 1 aliphatic heterocycles. The fourth-order valence-corrected chi connectivity index (χ4v) is 4.03. The van der Waals surface area contributed by atoms with Crippen molar-refractivity contribution in [2.75, 3.05) is 6.54 Å². The highest BCUT2D eigenvalue weighted by Crippen LogP contribution is 2.25. The number of benzene rings is 2. The second-order valence-corrected chi connectivity index (χ2v) is 7.47. The van der Waals surface area contributed by atoms with Gasteiger partial charge < -0.3 is 20.4 Å². The molecule has 0 spiro atoms. The lowest BCUT2D eigenvalue weighted by molar-refractivity contribution is -0.137. The monoisotopic (exact) mass is 391 g/mol. The Kier molecular flexibility index (Phi) is 5.51. The van der Waals surface area contributed by atoms with Crippen LogP contribution in [0.1, 0.15) is 24.8 Å². The number of aromatic amines is 1. The molecule has 2 aromatic carbocycles. The van der Waals surface area contributed by atoms with Crippen LogP contribution < -0.4 is 10.5 Å². The Morgan fingerprint density at radius 3 is 2.66 bits per heavy atom. The molecule has 4 rings (SSSR count). The molecular weight excluding hydrogens is 366 g/mol. The topological polar surface area (TPSA) is 88.4 Å². The van der Waals surface area contributed by atoms with E-state index in [2.05, 4.69) is 11.1 Å². The Labute approximate surface area is 169 Å². The van der Waals surface area contributed by atoms with E-state index in [9.17, 15) is 9.59 Å². The number of amides is 2. The van der Waals surface area contributed by atoms with Crippen LogP contribution in [0, 0.1) is 0 Å². The number of H-pyrrole nitrogens is 1. The number of hydrogen-bond donors (Lipinski definition) is 2. The van der Waals surface area contributed by atoms with Crippen molar-refractivity contribution in [3.8, 4) is 5.75 Å². The Balaban J connectivity index is 1.35. The van der Waals surface area contributed by atoms with Gasteiger partial charge >= 0.3 is 0 Å². The fraction of sp³-hybridized carbons (Fsp3) is 0.304. The van der Waals surface area contributed by atoms with Crippen LogP contribution in [0.5, 0.6) is 5.75 Å². The number of aryl methyl sites for hydroxylation is 1. The van der Waals surface area contributed by atoms with Gasteiger partial charge in [-0.25, -0.2) is 0 Å². The van der Waals surface area contributed by atoms with Gasteiger partial charge in [0.25, 0.3) is 0 Å². The van der Waals surface area contributed by atoms with E-state index in [1.165, 1.54) is 10.9 Å². The van der Waals surface area contributed by atoms with E-state index in [4.69, 9.17) is 10.5 Å². The van der Waals surface area contributed by atoms with E-state index in [0.717, 1.165) is 17.7 Å². The third-order valence-corrected chi connectivity index (χ3v) is 5.47. The van der Waals surface area contributed by atoms with Crippen LogP contribution in [-0.2, 0) is 16.0 Å². The van der Waals surface area contributed by atoms with Crippen LogP contribution in [-0.4, -0.2) is 40.4 Å². The number of primary amides is 1. The van der Waals surface area contributed by atoms with Crippen molar-refractivity contribution in [2.45, 2.75) is 37.8 Å². The van der Waals surface area contributed by atoms with E-state index >= 15 is 0 Å². The smallest absolute Gasteiger partial charge is 0.240 e. The summed E-state index contributed by atoms with van der Waals surface area (Å²) in [4.78, 5) is 29.5. The molecule has 0 bridgehead atoms. The highest BCUT2D eigenvalue weighted by molar-refractivity contribution is 5.87. The molecule has 0 radical (unpaired) electrons. The van der Waals surface area contributed by atoms with Crippen LogP contribution in [0.3, 0.4) is 0 Å². The fourth-order valence-electron chi connectivity index (χ4n) is 4.03. The number of carbonyl (C=O) groups is 2. The Hall–Kier alpha value is -3.28. The highest BCUT2D eigenvalue weighted by atomic mass is 16.5. The maximum absolute atomic E-state index is 12.8. The average Bonchev–Trinajstić information content (AvgIpc) is 3.33. The molecule has 3 aromatic rings. The van der Waals surface area contributed by atoms with Crippen molar-refractivity contribution >= 4 is 22.7 Å². The number of aromatic nitrogens is 1. The third-order valence-electron chi connectivity index (χ3n) is 5.47. The zero-order valence-corrected chi connectivity index (χ0v) is 16.2. The molecule has 1 aliphatic rings. The first-order valence-corrected chi connectivity index (χ1v) is 9.97. The molecule has 1 fully saturated rings. The van der Waals surface area contributed by atoms with E-state index in [1.807, 2.05) is 54.7 Å². The summed E-state index contributed by atoms with van der Waals surface area (Å²) in [7, 11) is 0. The van der Waals surface area contributed by atoms with E-state index in [1.54, 1.807) is 4.90 Å². The van der Waals surface area contributed by atoms with Crippen LogP contribution in [0.25, 0.3) is 10.9 Å². The van der Waals surface area contributed by atoms with Gasteiger partial charge in [0.15, 0.2) is 0 Å². The van der Waals surface area contributed by atoms with Crippen molar-refractivity contribution in [1.82, 2.24) is 9.88 Å². The Bertz CT molecular complexity index is 999. The zero-order chi connectivity index (χ0) is 20.2. The second-order valence-electron chi connectivity index (χ2n) is 7.47. The SMILES string of the molecule is NC(=O)[C@@H]1C[C@H](Oc2ccccc2)CN1C(=O)CCCc1c[nH]c2ccccc12. The van der Waals surface area contributed by atoms with E-state index in [0.29, 0.717) is 25.8 Å². The minimum absolute atomic E-state index is 0.0483. The number of para-hydroxylation sites is 2. The normalized spacial score (nSPS) is 18.8. The van der Waals surface area contributed by atoms with Gasteiger partial charge in [0.1, 0.15) is 17.9 Å². The van der Waals surface area contributed by atoms with Gasteiger partial charge in [-0.1, -0.05) is 36.4 Å². The lowest BCUT2D eigenvalue weighted by atomic mass is 10.1. The summed E-state index contributed by atoms with van der Waals surface area (Å²) < 4.78 is 5.94. The first-order valence-electron chi connectivity index (χ1n) is 9.97. The van der Waals surface area contributed by atoms with Crippen molar-refractivity contribution in [3.63, 3.8) is 0 Å². The largest absolute Gasteiger partial charge is 0.488 e. The maximum Gasteiger partial charge on any atom is 0.240 e. The lowest BCUT2D eigenvalue weighted by Gasteiger charge is -2.21. The van der Waals surface area contributed by atoms with Gasteiger partial charge in [0.2, 0.25) is 11.8 Å². The summed E-state index contributed by atoms with van der Waals surface area (Å²) >= 11 is 0. The van der Waals surface area contributed by atoms with Crippen molar-refractivity contribution in [1.29, 1.82) is 0 Å². The summed E-state index contributed by atoms with van der Waals surface area (Å²) in [5.74, 6) is 0.205. The molecule has 150 valence electrons. The van der Waals surface area contributed by atoms with E-state index < -0.39 is 11.9 Å². The Morgan fingerprint density at radius 1 is 1.10 bits per heavy atom. The average molecular weight is 391 g/mol. The number of fused-ring (bicyclic) bond motifs is 1. The molecule has 29 heavy (non-hydrogen) atoms. The van der Waals surface area contributed by atoms with Crippen molar-refractivity contribution in [3.05, 3.63) is 66.4 Å². The van der Waals surface area contributed by atoms with Crippen LogP contribution in [0.4, 0.5) is 0 Å². The molecule has 2 heterocycles. The molecule has 0 saturated carbocycles. The Morgan fingerprint density at radius 2 is 1.86 bits per heavy atom. The minimum atomic E-state index is -0.607. The third kappa shape index (κ3) is 4.26. The number of hydrogen-bond acceptors (Lipinski definition) is 3. The summed E-state index contributed by atoms with van der Waals surface area (Å²) in [6, 6.07) is 17.0. The number of ether oxygens (including phenoxy) is 1. The van der Waals surface area contributed by atoms with E-state index in [-0.39, 0.29) is 12.0 Å². The summed E-state index contributed by atoms with van der Waals surface area (Å²) in [5, 5.41) is 1.19. The maximum atomic E-state index is 12.8. The number of rotatable bonds is 7. The van der Waals surface area contributed by atoms with Crippen LogP contribution in [0.15, 0.2) is 60.8 Å². The molecule has 6 nitrogen and oxygen atoms in total. The summed E-state index contributed by atoms with van der Waals surface area (Å²) in [6.07, 6.45) is 4.09. The van der Waals surface area contributed by atoms with Gasteiger partial charge in [-0.2, -0.15) is 0 Å². The molecule has 1 aromatic heterocycles. The van der Waals surface area contributed by atoms with Crippen molar-refractivity contribution in [2.24, 2.45) is 5.73 Å². The van der Waals surface area contributed by atoms with Crippen molar-refractivity contribution < 1.29 is 14.3 Å². The second kappa shape index (κ2) is 8.39. The van der Waals surface area contributed by atoms with Gasteiger partial charge in [-0.3, -0.25) is 9.59 Å². The van der Waals surface area contributed by atoms with Gasteiger partial charge in [0.05, 0.1) is 6.54 Å². The first-order chi connectivity index (χ1) is 14.1. The minimum Gasteiger partial charge on any atom is -0.488 e. The molecule has 3 N–H and O–H groups in total. The molecule has 0 aliphatic carbocycles. The molecule has 0 unspecified atom stereocenters. The molecule has 2 atom stereocenters. The zero-order valence-electron chi connectivity index (χ0n) is 16.2. The number of nitrogens with two attached hydrogens (primary N) is 1. The molecule has 1 saturated heterocycles. The standard InChI is InChI=1S/C23H25N3O3/c24-23(28)21-13-18(29-17-8-2-1-3-9-17)15-26(21)22(27)12-6-7-16-14-25-20-11-5-4-10-19(16)20/h1-5,8-11,14,18,21,25H,6-7,12-13,15H2,(H2,24,28)/t18-,21-/m0/s1.